The minimum absolute atomic E-state index is 0.0623. The molecule has 1 aromatic carbocycles. The molecule has 3 N–H and O–H groups in total. The van der Waals surface area contributed by atoms with E-state index < -0.39 is 6.43 Å². The third kappa shape index (κ3) is 5.36. The number of nitrogens with zero attached hydrogens (tertiary/aromatic N) is 4. The number of benzene rings is 1. The smallest absolute Gasteiger partial charge is 0.263 e. The molecule has 1 aliphatic carbocycles. The molecule has 0 amide bonds. The second kappa shape index (κ2) is 10.6. The van der Waals surface area contributed by atoms with Gasteiger partial charge in [0.15, 0.2) is 0 Å². The lowest BCUT2D eigenvalue weighted by atomic mass is 9.92. The Morgan fingerprint density at radius 2 is 1.97 bits per heavy atom. The molecule has 2 aromatic rings. The molecule has 0 bridgehead atoms. The number of morpholine rings is 1. The van der Waals surface area contributed by atoms with E-state index in [1.54, 1.807) is 12.1 Å². The summed E-state index contributed by atoms with van der Waals surface area (Å²) in [7, 11) is 0. The first-order valence-corrected chi connectivity index (χ1v) is 13.3. The van der Waals surface area contributed by atoms with Gasteiger partial charge in [0.1, 0.15) is 11.6 Å². The summed E-state index contributed by atoms with van der Waals surface area (Å²) in [6.45, 7) is 5.00. The molecule has 5 rings (SSSR count). The minimum atomic E-state index is -2.56. The molecule has 0 atom stereocenters. The molecule has 3 aliphatic rings. The van der Waals surface area contributed by atoms with Crippen LogP contribution in [0.1, 0.15) is 30.4 Å². The van der Waals surface area contributed by atoms with Crippen LogP contribution in [0.3, 0.4) is 0 Å². The van der Waals surface area contributed by atoms with E-state index in [0.29, 0.717) is 46.2 Å². The van der Waals surface area contributed by atoms with Crippen LogP contribution in [0.2, 0.25) is 0 Å². The highest BCUT2D eigenvalue weighted by Gasteiger charge is 2.36. The third-order valence-corrected chi connectivity index (χ3v) is 8.01. The fourth-order valence-electron chi connectivity index (χ4n) is 4.74. The second-order valence-electron chi connectivity index (χ2n) is 9.21. The SMILES string of the molecule is CSC1CC(Nc2nc(Nc3cccc(C(F)F)c3)c(C=N)c(N3CC(N4CCOCC4)C3)n2)C1. The Balaban J connectivity index is 1.40. The van der Waals surface area contributed by atoms with Crippen LogP contribution in [-0.4, -0.2) is 84.1 Å². The first kappa shape index (κ1) is 24.2. The maximum atomic E-state index is 13.2. The summed E-state index contributed by atoms with van der Waals surface area (Å²) >= 11 is 1.87. The monoisotopic (exact) mass is 503 g/mol. The molecule has 188 valence electrons. The Morgan fingerprint density at radius 3 is 2.66 bits per heavy atom. The highest BCUT2D eigenvalue weighted by Crippen LogP contribution is 2.35. The number of anilines is 4. The van der Waals surface area contributed by atoms with Gasteiger partial charge in [-0.1, -0.05) is 12.1 Å². The molecule has 0 radical (unpaired) electrons. The summed E-state index contributed by atoms with van der Waals surface area (Å²) in [5, 5.41) is 15.4. The lowest BCUT2D eigenvalue weighted by Gasteiger charge is -2.47. The number of thioether (sulfide) groups is 1. The summed E-state index contributed by atoms with van der Waals surface area (Å²) in [5.74, 6) is 1.63. The second-order valence-corrected chi connectivity index (χ2v) is 10.3. The largest absolute Gasteiger partial charge is 0.379 e. The highest BCUT2D eigenvalue weighted by atomic mass is 32.2. The zero-order valence-electron chi connectivity index (χ0n) is 19.7. The van der Waals surface area contributed by atoms with Crippen molar-refractivity contribution in [3.63, 3.8) is 0 Å². The van der Waals surface area contributed by atoms with Crippen LogP contribution in [0.15, 0.2) is 24.3 Å². The van der Waals surface area contributed by atoms with E-state index in [2.05, 4.69) is 31.7 Å². The Hall–Kier alpha value is -2.50. The van der Waals surface area contributed by atoms with Gasteiger partial charge in [-0.05, 0) is 31.2 Å². The van der Waals surface area contributed by atoms with Crippen molar-refractivity contribution in [3.05, 3.63) is 35.4 Å². The van der Waals surface area contributed by atoms with E-state index in [-0.39, 0.29) is 5.56 Å². The molecule has 35 heavy (non-hydrogen) atoms. The average molecular weight is 504 g/mol. The quantitative estimate of drug-likeness (QED) is 0.443. The Morgan fingerprint density at radius 1 is 1.20 bits per heavy atom. The van der Waals surface area contributed by atoms with Crippen molar-refractivity contribution in [3.8, 4) is 0 Å². The number of alkyl halides is 2. The van der Waals surface area contributed by atoms with Crippen molar-refractivity contribution in [1.29, 1.82) is 5.41 Å². The molecule has 2 saturated heterocycles. The number of hydrogen-bond acceptors (Lipinski definition) is 9. The predicted octanol–water partition coefficient (Wildman–Crippen LogP) is 3.98. The van der Waals surface area contributed by atoms with Crippen LogP contribution in [0.25, 0.3) is 0 Å². The van der Waals surface area contributed by atoms with Gasteiger partial charge < -0.3 is 25.7 Å². The number of rotatable bonds is 9. The fraction of sp³-hybridized carbons (Fsp3) is 0.542. The number of halogens is 2. The van der Waals surface area contributed by atoms with Gasteiger partial charge in [0, 0.05) is 61.0 Å². The van der Waals surface area contributed by atoms with Crippen LogP contribution in [-0.2, 0) is 4.74 Å². The Bertz CT molecular complexity index is 1040. The van der Waals surface area contributed by atoms with Crippen molar-refractivity contribution in [2.24, 2.45) is 0 Å². The lowest BCUT2D eigenvalue weighted by molar-refractivity contribution is 0.0104. The summed E-state index contributed by atoms with van der Waals surface area (Å²) < 4.78 is 32.0. The highest BCUT2D eigenvalue weighted by molar-refractivity contribution is 7.99. The first-order valence-electron chi connectivity index (χ1n) is 12.0. The number of ether oxygens (including phenoxy) is 1. The van der Waals surface area contributed by atoms with Gasteiger partial charge in [0.25, 0.3) is 6.43 Å². The van der Waals surface area contributed by atoms with E-state index in [9.17, 15) is 8.78 Å². The standard InChI is InChI=1S/C24H31F2N7OS/c1-35-19-10-17(11-19)29-24-30-22(28-16-4-2-3-15(9-16)21(25)26)20(12-27)23(31-24)33-13-18(14-33)32-5-7-34-8-6-32/h2-4,9,12,17-19,21,27H,5-8,10-11,13-14H2,1H3,(H2,28,29,30,31). The van der Waals surface area contributed by atoms with E-state index in [1.165, 1.54) is 18.3 Å². The molecular weight excluding hydrogens is 472 g/mol. The van der Waals surface area contributed by atoms with Gasteiger partial charge >= 0.3 is 0 Å². The van der Waals surface area contributed by atoms with E-state index in [0.717, 1.165) is 52.2 Å². The van der Waals surface area contributed by atoms with Gasteiger partial charge in [-0.3, -0.25) is 4.90 Å². The van der Waals surface area contributed by atoms with Gasteiger partial charge in [-0.2, -0.15) is 21.7 Å². The Kier molecular flexibility index (Phi) is 7.35. The number of hydrogen-bond donors (Lipinski definition) is 3. The van der Waals surface area contributed by atoms with Crippen molar-refractivity contribution < 1.29 is 13.5 Å². The summed E-state index contributed by atoms with van der Waals surface area (Å²) in [5.41, 5.74) is 0.990. The Labute approximate surface area is 208 Å². The van der Waals surface area contributed by atoms with E-state index in [4.69, 9.17) is 15.1 Å². The maximum Gasteiger partial charge on any atom is 0.263 e. The van der Waals surface area contributed by atoms with E-state index >= 15 is 0 Å². The first-order chi connectivity index (χ1) is 17.0. The van der Waals surface area contributed by atoms with Crippen LogP contribution >= 0.6 is 11.8 Å². The number of nitrogens with one attached hydrogen (secondary N) is 3. The van der Waals surface area contributed by atoms with Crippen LogP contribution in [0.5, 0.6) is 0 Å². The maximum absolute atomic E-state index is 13.2. The molecule has 2 aliphatic heterocycles. The van der Waals surface area contributed by atoms with Gasteiger partial charge in [-0.25, -0.2) is 8.78 Å². The molecular formula is C24H31F2N7OS. The van der Waals surface area contributed by atoms with Crippen molar-refractivity contribution in [2.75, 3.05) is 61.2 Å². The zero-order chi connectivity index (χ0) is 24.4. The topological polar surface area (TPSA) is 89.4 Å². The summed E-state index contributed by atoms with van der Waals surface area (Å²) in [4.78, 5) is 14.1. The van der Waals surface area contributed by atoms with Crippen molar-refractivity contribution in [2.45, 2.75) is 36.6 Å². The molecule has 8 nitrogen and oxygen atoms in total. The van der Waals surface area contributed by atoms with Gasteiger partial charge in [0.2, 0.25) is 5.95 Å². The molecule has 0 unspecified atom stereocenters. The molecule has 0 spiro atoms. The van der Waals surface area contributed by atoms with Crippen LogP contribution in [0, 0.1) is 5.41 Å². The van der Waals surface area contributed by atoms with Crippen molar-refractivity contribution >= 4 is 41.2 Å². The lowest BCUT2D eigenvalue weighted by Crippen LogP contribution is -2.62. The molecule has 3 fully saturated rings. The third-order valence-electron chi connectivity index (χ3n) is 6.96. The molecule has 11 heteroatoms. The normalized spacial score (nSPS) is 23.0. The van der Waals surface area contributed by atoms with Gasteiger partial charge in [-0.15, -0.1) is 0 Å². The molecule has 3 heterocycles. The molecule has 1 aromatic heterocycles. The predicted molar refractivity (Wildman–Crippen MR) is 137 cm³/mol. The van der Waals surface area contributed by atoms with Crippen LogP contribution in [0.4, 0.5) is 32.1 Å². The van der Waals surface area contributed by atoms with Gasteiger partial charge in [0.05, 0.1) is 18.8 Å². The van der Waals surface area contributed by atoms with Crippen LogP contribution < -0.4 is 15.5 Å². The summed E-state index contributed by atoms with van der Waals surface area (Å²) in [6, 6.07) is 6.86. The zero-order valence-corrected chi connectivity index (χ0v) is 20.5. The fourth-order valence-corrected chi connectivity index (χ4v) is 5.59. The van der Waals surface area contributed by atoms with Crippen molar-refractivity contribution in [1.82, 2.24) is 14.9 Å². The number of aromatic nitrogens is 2. The van der Waals surface area contributed by atoms with E-state index in [1.807, 2.05) is 11.8 Å². The summed E-state index contributed by atoms with van der Waals surface area (Å²) in [6.07, 6.45) is 2.91. The molecule has 1 saturated carbocycles. The minimum Gasteiger partial charge on any atom is -0.379 e. The average Bonchev–Trinajstić information content (AvgIpc) is 2.81.